The highest BCUT2D eigenvalue weighted by molar-refractivity contribution is 5.61. The molecule has 0 radical (unpaired) electrons. The second kappa shape index (κ2) is 7.73. The van der Waals surface area contributed by atoms with Crippen LogP contribution in [0.1, 0.15) is 5.56 Å². The predicted octanol–water partition coefficient (Wildman–Crippen LogP) is 4.37. The number of H-pyrrole nitrogens is 1. The summed E-state index contributed by atoms with van der Waals surface area (Å²) < 4.78 is 49.5. The Morgan fingerprint density at radius 3 is 2.57 bits per heavy atom. The normalized spacial score (nSPS) is 11.3. The van der Waals surface area contributed by atoms with E-state index in [1.807, 2.05) is 0 Å². The molecule has 0 fully saturated rings. The van der Waals surface area contributed by atoms with Crippen molar-refractivity contribution in [1.82, 2.24) is 25.1 Å². The molecule has 0 saturated heterocycles. The first-order chi connectivity index (χ1) is 14.4. The third-order valence-electron chi connectivity index (χ3n) is 3.90. The van der Waals surface area contributed by atoms with Gasteiger partial charge >= 0.3 is 6.18 Å². The van der Waals surface area contributed by atoms with Crippen molar-refractivity contribution in [2.75, 3.05) is 17.7 Å². The Labute approximate surface area is 167 Å². The summed E-state index contributed by atoms with van der Waals surface area (Å²) in [5.74, 6) is 1.24. The number of anilines is 4. The average molecular weight is 417 g/mol. The molecule has 0 aliphatic rings. The Morgan fingerprint density at radius 2 is 1.87 bits per heavy atom. The van der Waals surface area contributed by atoms with Crippen LogP contribution in [0.25, 0.3) is 11.5 Å². The summed E-state index contributed by atoms with van der Waals surface area (Å²) in [5, 5.41) is 12.5. The van der Waals surface area contributed by atoms with Gasteiger partial charge in [0.25, 0.3) is 0 Å². The summed E-state index contributed by atoms with van der Waals surface area (Å²) in [5.41, 5.74) is -0.108. The molecule has 0 amide bonds. The molecule has 1 aromatic carbocycles. The van der Waals surface area contributed by atoms with E-state index in [1.54, 1.807) is 18.2 Å². The Hall–Kier alpha value is -4.09. The number of halogens is 3. The van der Waals surface area contributed by atoms with E-state index in [1.165, 1.54) is 25.8 Å². The summed E-state index contributed by atoms with van der Waals surface area (Å²) in [4.78, 5) is 12.1. The van der Waals surface area contributed by atoms with Gasteiger partial charge in [0, 0.05) is 17.8 Å². The standard InChI is InChI=1S/C18H14F3N7O2/c1-29-12-6-10(18(19,20)21)5-11(7-12)24-16-22-9-23-17(26-16)25-15-8-13(27-28-15)14-3-2-4-30-14/h2-9H,1H3,(H3,22,23,24,25,26,27,28). The van der Waals surface area contributed by atoms with Gasteiger partial charge in [-0.15, -0.1) is 0 Å². The van der Waals surface area contributed by atoms with Crippen LogP contribution in [0.4, 0.5) is 36.6 Å². The summed E-state index contributed by atoms with van der Waals surface area (Å²) in [7, 11) is 1.28. The van der Waals surface area contributed by atoms with E-state index in [0.29, 0.717) is 17.3 Å². The van der Waals surface area contributed by atoms with E-state index < -0.39 is 11.7 Å². The molecule has 0 atom stereocenters. The fourth-order valence-electron chi connectivity index (χ4n) is 2.56. The van der Waals surface area contributed by atoms with E-state index in [2.05, 4.69) is 35.8 Å². The van der Waals surface area contributed by atoms with Crippen molar-refractivity contribution in [2.24, 2.45) is 0 Å². The highest BCUT2D eigenvalue weighted by atomic mass is 19.4. The Bertz CT molecular complexity index is 1140. The SMILES string of the molecule is COc1cc(Nc2ncnc(Nc3cc(-c4ccco4)[nH]n3)n2)cc(C(F)(F)F)c1. The molecular formula is C18H14F3N7O2. The monoisotopic (exact) mass is 417 g/mol. The minimum absolute atomic E-state index is 0.0377. The van der Waals surface area contributed by atoms with Crippen LogP contribution < -0.4 is 15.4 Å². The summed E-state index contributed by atoms with van der Waals surface area (Å²) in [6.45, 7) is 0. The molecule has 0 aliphatic heterocycles. The van der Waals surface area contributed by atoms with E-state index in [9.17, 15) is 13.2 Å². The molecule has 154 valence electrons. The number of nitrogens with zero attached hydrogens (tertiary/aromatic N) is 4. The lowest BCUT2D eigenvalue weighted by Crippen LogP contribution is -2.07. The molecule has 3 aromatic heterocycles. The maximum Gasteiger partial charge on any atom is 0.416 e. The topological polar surface area (TPSA) is 114 Å². The van der Waals surface area contributed by atoms with Gasteiger partial charge in [0.15, 0.2) is 11.6 Å². The second-order valence-electron chi connectivity index (χ2n) is 5.97. The molecule has 0 spiro atoms. The minimum Gasteiger partial charge on any atom is -0.497 e. The number of aromatic amines is 1. The van der Waals surface area contributed by atoms with Crippen LogP contribution in [0.15, 0.2) is 53.4 Å². The largest absolute Gasteiger partial charge is 0.497 e. The Kier molecular flexibility index (Phi) is 4.96. The summed E-state index contributed by atoms with van der Waals surface area (Å²) in [6.07, 6.45) is -1.78. The van der Waals surface area contributed by atoms with Crippen molar-refractivity contribution in [3.63, 3.8) is 0 Å². The lowest BCUT2D eigenvalue weighted by atomic mass is 10.2. The van der Waals surface area contributed by atoms with Gasteiger partial charge in [-0.2, -0.15) is 23.3 Å². The van der Waals surface area contributed by atoms with E-state index in [-0.39, 0.29) is 23.3 Å². The molecule has 0 aliphatic carbocycles. The average Bonchev–Trinajstić information content (AvgIpc) is 3.39. The van der Waals surface area contributed by atoms with Crippen LogP contribution in [0.2, 0.25) is 0 Å². The van der Waals surface area contributed by atoms with Gasteiger partial charge < -0.3 is 19.8 Å². The van der Waals surface area contributed by atoms with Crippen LogP contribution >= 0.6 is 0 Å². The zero-order valence-electron chi connectivity index (χ0n) is 15.4. The molecule has 3 N–H and O–H groups in total. The van der Waals surface area contributed by atoms with E-state index in [0.717, 1.165) is 12.1 Å². The Morgan fingerprint density at radius 1 is 1.07 bits per heavy atom. The molecule has 3 heterocycles. The molecule has 12 heteroatoms. The van der Waals surface area contributed by atoms with Gasteiger partial charge in [-0.1, -0.05) is 0 Å². The maximum atomic E-state index is 13.1. The number of rotatable bonds is 6. The number of hydrogen-bond donors (Lipinski definition) is 3. The van der Waals surface area contributed by atoms with Gasteiger partial charge in [0.05, 0.1) is 18.9 Å². The lowest BCUT2D eigenvalue weighted by Gasteiger charge is -2.12. The van der Waals surface area contributed by atoms with Gasteiger partial charge in [0.2, 0.25) is 11.9 Å². The number of benzene rings is 1. The summed E-state index contributed by atoms with van der Waals surface area (Å²) in [6, 6.07) is 8.44. The lowest BCUT2D eigenvalue weighted by molar-refractivity contribution is -0.137. The predicted molar refractivity (Wildman–Crippen MR) is 101 cm³/mol. The molecular weight excluding hydrogens is 403 g/mol. The van der Waals surface area contributed by atoms with Crippen molar-refractivity contribution in [3.05, 3.63) is 54.6 Å². The number of alkyl halides is 3. The van der Waals surface area contributed by atoms with Crippen molar-refractivity contribution in [3.8, 4) is 17.2 Å². The van der Waals surface area contributed by atoms with Crippen molar-refractivity contribution in [1.29, 1.82) is 0 Å². The quantitative estimate of drug-likeness (QED) is 0.424. The smallest absolute Gasteiger partial charge is 0.416 e. The fourth-order valence-corrected chi connectivity index (χ4v) is 2.56. The second-order valence-corrected chi connectivity index (χ2v) is 5.97. The van der Waals surface area contributed by atoms with Crippen molar-refractivity contribution >= 4 is 23.4 Å². The van der Waals surface area contributed by atoms with Crippen LogP contribution in [-0.4, -0.2) is 32.3 Å². The minimum atomic E-state index is -4.53. The van der Waals surface area contributed by atoms with Crippen molar-refractivity contribution < 1.29 is 22.3 Å². The van der Waals surface area contributed by atoms with Crippen LogP contribution in [-0.2, 0) is 6.18 Å². The first-order valence-electron chi connectivity index (χ1n) is 8.49. The molecule has 9 nitrogen and oxygen atoms in total. The number of methoxy groups -OCH3 is 1. The third-order valence-corrected chi connectivity index (χ3v) is 3.90. The van der Waals surface area contributed by atoms with Crippen LogP contribution in [0, 0.1) is 0 Å². The van der Waals surface area contributed by atoms with E-state index >= 15 is 0 Å². The van der Waals surface area contributed by atoms with E-state index in [4.69, 9.17) is 9.15 Å². The maximum absolute atomic E-state index is 13.1. The zero-order valence-corrected chi connectivity index (χ0v) is 15.4. The number of furan rings is 1. The molecule has 4 rings (SSSR count). The first kappa shape index (κ1) is 19.2. The van der Waals surface area contributed by atoms with Gasteiger partial charge in [0.1, 0.15) is 17.8 Å². The summed E-state index contributed by atoms with van der Waals surface area (Å²) >= 11 is 0. The van der Waals surface area contributed by atoms with Crippen molar-refractivity contribution in [2.45, 2.75) is 6.18 Å². The Balaban J connectivity index is 1.53. The number of hydrogen-bond acceptors (Lipinski definition) is 8. The molecule has 0 saturated carbocycles. The molecule has 4 aromatic rings. The number of aromatic nitrogens is 5. The fraction of sp³-hybridized carbons (Fsp3) is 0.111. The highest BCUT2D eigenvalue weighted by Gasteiger charge is 2.31. The van der Waals surface area contributed by atoms with Gasteiger partial charge in [-0.25, -0.2) is 9.97 Å². The third kappa shape index (κ3) is 4.32. The highest BCUT2D eigenvalue weighted by Crippen LogP contribution is 2.34. The number of nitrogens with one attached hydrogen (secondary N) is 3. The molecule has 0 bridgehead atoms. The first-order valence-corrected chi connectivity index (χ1v) is 8.49. The van der Waals surface area contributed by atoms with Gasteiger partial charge in [-0.3, -0.25) is 5.10 Å². The van der Waals surface area contributed by atoms with Crippen LogP contribution in [0.3, 0.4) is 0 Å². The van der Waals surface area contributed by atoms with Gasteiger partial charge in [-0.05, 0) is 24.3 Å². The molecule has 30 heavy (non-hydrogen) atoms. The van der Waals surface area contributed by atoms with Crippen LogP contribution in [0.5, 0.6) is 5.75 Å². The zero-order chi connectivity index (χ0) is 21.1. The number of ether oxygens (including phenoxy) is 1. The molecule has 0 unspecified atom stereocenters.